The van der Waals surface area contributed by atoms with Gasteiger partial charge in [-0.1, -0.05) is 26.7 Å². The fourth-order valence-electron chi connectivity index (χ4n) is 1.04. The number of thiol groups is 1. The first-order valence-electron chi connectivity index (χ1n) is 4.99. The molecule has 0 aliphatic rings. The molecule has 0 radical (unpaired) electrons. The van der Waals surface area contributed by atoms with Crippen molar-refractivity contribution in [2.75, 3.05) is 6.54 Å². The number of nitrogens with one attached hydrogen (secondary N) is 1. The second-order valence-corrected chi connectivity index (χ2v) is 4.63. The van der Waals surface area contributed by atoms with E-state index in [-0.39, 0.29) is 11.2 Å². The molecule has 0 saturated heterocycles. The monoisotopic (exact) mass is 203 g/mol. The Morgan fingerprint density at radius 1 is 1.31 bits per heavy atom. The fourth-order valence-corrected chi connectivity index (χ4v) is 1.13. The molecule has 2 nitrogen and oxygen atoms in total. The van der Waals surface area contributed by atoms with E-state index in [4.69, 9.17) is 0 Å². The molecule has 0 bridgehead atoms. The molecule has 1 N–H and O–H groups in total. The highest BCUT2D eigenvalue weighted by molar-refractivity contribution is 7.81. The molecule has 0 aromatic rings. The maximum atomic E-state index is 11.1. The van der Waals surface area contributed by atoms with Gasteiger partial charge in [0.05, 0.1) is 5.25 Å². The molecular weight excluding hydrogens is 182 g/mol. The van der Waals surface area contributed by atoms with E-state index in [0.717, 1.165) is 18.9 Å². The Bertz CT molecular complexity index is 146. The van der Waals surface area contributed by atoms with Gasteiger partial charge in [0.15, 0.2) is 0 Å². The van der Waals surface area contributed by atoms with Crippen molar-refractivity contribution in [3.63, 3.8) is 0 Å². The highest BCUT2D eigenvalue weighted by Gasteiger charge is 2.05. The Hall–Kier alpha value is -0.180. The standard InChI is InChI=1S/C10H21NOS/c1-8(2)6-4-5-7-11-10(12)9(3)13/h8-9,13H,4-7H2,1-3H3,(H,11,12). The molecular formula is C10H21NOS. The van der Waals surface area contributed by atoms with Crippen LogP contribution in [0, 0.1) is 5.92 Å². The minimum atomic E-state index is -0.190. The third-order valence-corrected chi connectivity index (χ3v) is 2.12. The SMILES string of the molecule is CC(C)CCCCNC(=O)C(C)S. The van der Waals surface area contributed by atoms with Crippen molar-refractivity contribution in [2.45, 2.75) is 45.3 Å². The number of hydrogen-bond acceptors (Lipinski definition) is 2. The number of carbonyl (C=O) groups is 1. The lowest BCUT2D eigenvalue weighted by atomic mass is 10.1. The van der Waals surface area contributed by atoms with E-state index in [9.17, 15) is 4.79 Å². The molecule has 0 spiro atoms. The van der Waals surface area contributed by atoms with Crippen molar-refractivity contribution in [3.05, 3.63) is 0 Å². The van der Waals surface area contributed by atoms with Crippen LogP contribution in [-0.4, -0.2) is 17.7 Å². The number of rotatable bonds is 6. The van der Waals surface area contributed by atoms with Crippen molar-refractivity contribution in [1.29, 1.82) is 0 Å². The lowest BCUT2D eigenvalue weighted by molar-refractivity contribution is -0.120. The van der Waals surface area contributed by atoms with Crippen molar-refractivity contribution in [3.8, 4) is 0 Å². The van der Waals surface area contributed by atoms with Crippen LogP contribution in [0.2, 0.25) is 0 Å². The summed E-state index contributed by atoms with van der Waals surface area (Å²) in [5, 5.41) is 2.65. The minimum Gasteiger partial charge on any atom is -0.355 e. The molecule has 1 unspecified atom stereocenters. The van der Waals surface area contributed by atoms with Crippen molar-refractivity contribution < 1.29 is 4.79 Å². The fraction of sp³-hybridized carbons (Fsp3) is 0.900. The second kappa shape index (κ2) is 7.25. The van der Waals surface area contributed by atoms with Crippen LogP contribution in [0.25, 0.3) is 0 Å². The van der Waals surface area contributed by atoms with E-state index in [1.807, 2.05) is 0 Å². The van der Waals surface area contributed by atoms with Gasteiger partial charge in [-0.3, -0.25) is 4.79 Å². The Kier molecular flexibility index (Phi) is 7.14. The third-order valence-electron chi connectivity index (χ3n) is 1.89. The van der Waals surface area contributed by atoms with E-state index in [2.05, 4.69) is 31.8 Å². The van der Waals surface area contributed by atoms with Gasteiger partial charge >= 0.3 is 0 Å². The minimum absolute atomic E-state index is 0.0351. The first-order chi connectivity index (χ1) is 6.04. The zero-order valence-electron chi connectivity index (χ0n) is 8.84. The summed E-state index contributed by atoms with van der Waals surface area (Å²) in [6.45, 7) is 7.01. The average Bonchev–Trinajstić information content (AvgIpc) is 2.02. The Morgan fingerprint density at radius 3 is 2.38 bits per heavy atom. The van der Waals surface area contributed by atoms with Crippen LogP contribution in [-0.2, 0) is 4.79 Å². The summed E-state index contributed by atoms with van der Waals surface area (Å²) < 4.78 is 0. The van der Waals surface area contributed by atoms with E-state index in [0.29, 0.717) is 0 Å². The molecule has 0 fully saturated rings. The zero-order chi connectivity index (χ0) is 10.3. The van der Waals surface area contributed by atoms with Crippen LogP contribution in [0.3, 0.4) is 0 Å². The normalized spacial score (nSPS) is 13.0. The molecule has 0 saturated carbocycles. The van der Waals surface area contributed by atoms with Crippen molar-refractivity contribution in [2.24, 2.45) is 5.92 Å². The Labute approximate surface area is 86.9 Å². The van der Waals surface area contributed by atoms with Crippen LogP contribution >= 0.6 is 12.6 Å². The highest BCUT2D eigenvalue weighted by atomic mass is 32.1. The van der Waals surface area contributed by atoms with Gasteiger partial charge in [-0.05, 0) is 19.3 Å². The molecule has 1 amide bonds. The van der Waals surface area contributed by atoms with Gasteiger partial charge in [-0.25, -0.2) is 0 Å². The smallest absolute Gasteiger partial charge is 0.232 e. The van der Waals surface area contributed by atoms with Crippen LogP contribution in [0.5, 0.6) is 0 Å². The zero-order valence-corrected chi connectivity index (χ0v) is 9.73. The molecule has 0 rings (SSSR count). The van der Waals surface area contributed by atoms with Crippen LogP contribution < -0.4 is 5.32 Å². The van der Waals surface area contributed by atoms with Crippen molar-refractivity contribution >= 4 is 18.5 Å². The topological polar surface area (TPSA) is 29.1 Å². The van der Waals surface area contributed by atoms with E-state index in [1.54, 1.807) is 6.92 Å². The summed E-state index contributed by atoms with van der Waals surface area (Å²) in [6.07, 6.45) is 3.51. The lowest BCUT2D eigenvalue weighted by Crippen LogP contribution is -2.30. The van der Waals surface area contributed by atoms with Crippen LogP contribution in [0.1, 0.15) is 40.0 Å². The van der Waals surface area contributed by atoms with Gasteiger partial charge < -0.3 is 5.32 Å². The van der Waals surface area contributed by atoms with Gasteiger partial charge in [0.1, 0.15) is 0 Å². The summed E-state index contributed by atoms with van der Waals surface area (Å²) in [6, 6.07) is 0. The van der Waals surface area contributed by atoms with E-state index in [1.165, 1.54) is 12.8 Å². The summed E-state index contributed by atoms with van der Waals surface area (Å²) in [4.78, 5) is 11.1. The van der Waals surface area contributed by atoms with Gasteiger partial charge in [-0.2, -0.15) is 12.6 Å². The molecule has 0 aromatic carbocycles. The van der Waals surface area contributed by atoms with Gasteiger partial charge in [0.2, 0.25) is 5.91 Å². The Morgan fingerprint density at radius 2 is 1.92 bits per heavy atom. The third kappa shape index (κ3) is 8.16. The van der Waals surface area contributed by atoms with Gasteiger partial charge in [0.25, 0.3) is 0 Å². The summed E-state index contributed by atoms with van der Waals surface area (Å²) in [5.74, 6) is 0.799. The van der Waals surface area contributed by atoms with E-state index < -0.39 is 0 Å². The number of unbranched alkanes of at least 4 members (excludes halogenated alkanes) is 1. The van der Waals surface area contributed by atoms with Gasteiger partial charge in [0, 0.05) is 6.54 Å². The Balaban J connectivity index is 3.21. The summed E-state index contributed by atoms with van der Waals surface area (Å²) >= 11 is 4.04. The summed E-state index contributed by atoms with van der Waals surface area (Å²) in [7, 11) is 0. The molecule has 13 heavy (non-hydrogen) atoms. The van der Waals surface area contributed by atoms with Crippen molar-refractivity contribution in [1.82, 2.24) is 5.32 Å². The van der Waals surface area contributed by atoms with Gasteiger partial charge in [-0.15, -0.1) is 0 Å². The number of hydrogen-bond donors (Lipinski definition) is 2. The van der Waals surface area contributed by atoms with Crippen LogP contribution in [0.15, 0.2) is 0 Å². The second-order valence-electron chi connectivity index (χ2n) is 3.86. The maximum Gasteiger partial charge on any atom is 0.232 e. The predicted octanol–water partition coefficient (Wildman–Crippen LogP) is 2.25. The quantitative estimate of drug-likeness (QED) is 0.503. The first-order valence-corrected chi connectivity index (χ1v) is 5.51. The molecule has 0 aliphatic heterocycles. The molecule has 1 atom stereocenters. The lowest BCUT2D eigenvalue weighted by Gasteiger charge is -2.07. The molecule has 0 aliphatic carbocycles. The molecule has 78 valence electrons. The maximum absolute atomic E-state index is 11.1. The molecule has 3 heteroatoms. The predicted molar refractivity (Wildman–Crippen MR) is 60.1 cm³/mol. The first kappa shape index (κ1) is 12.8. The van der Waals surface area contributed by atoms with E-state index >= 15 is 0 Å². The molecule has 0 heterocycles. The molecule has 0 aromatic heterocycles. The summed E-state index contributed by atoms with van der Waals surface area (Å²) in [5.41, 5.74) is 0. The highest BCUT2D eigenvalue weighted by Crippen LogP contribution is 2.05. The average molecular weight is 203 g/mol. The van der Waals surface area contributed by atoms with Crippen LogP contribution in [0.4, 0.5) is 0 Å². The largest absolute Gasteiger partial charge is 0.355 e. The number of carbonyl (C=O) groups excluding carboxylic acids is 1. The number of amides is 1.